The molecular formula is C10H16O2. The number of carbonyl (C=O) groups excluding carboxylic acids is 1. The summed E-state index contributed by atoms with van der Waals surface area (Å²) in [5, 5.41) is 0. The zero-order valence-electron chi connectivity index (χ0n) is 8.02. The fourth-order valence-corrected chi connectivity index (χ4v) is 1.65. The van der Waals surface area contributed by atoms with Crippen LogP contribution < -0.4 is 0 Å². The fraction of sp³-hybridized carbons (Fsp3) is 0.700. The predicted octanol–water partition coefficient (Wildman–Crippen LogP) is 2.64. The first-order valence-electron chi connectivity index (χ1n) is 4.38. The van der Waals surface area contributed by atoms with Crippen LogP contribution in [-0.2, 0) is 9.53 Å². The normalized spacial score (nSPS) is 22.2. The van der Waals surface area contributed by atoms with Gasteiger partial charge in [-0.2, -0.15) is 0 Å². The topological polar surface area (TPSA) is 26.3 Å². The first-order valence-corrected chi connectivity index (χ1v) is 4.38. The Kier molecular flexibility index (Phi) is 2.55. The molecule has 0 fully saturated rings. The van der Waals surface area contributed by atoms with Crippen molar-refractivity contribution in [1.29, 1.82) is 0 Å². The van der Waals surface area contributed by atoms with E-state index in [1.165, 1.54) is 12.0 Å². The molecule has 0 aromatic heterocycles. The Morgan fingerprint density at radius 2 is 2.17 bits per heavy atom. The lowest BCUT2D eigenvalue weighted by Gasteiger charge is -2.31. The van der Waals surface area contributed by atoms with Crippen molar-refractivity contribution in [1.82, 2.24) is 0 Å². The van der Waals surface area contributed by atoms with E-state index < -0.39 is 0 Å². The predicted molar refractivity (Wildman–Crippen MR) is 47.5 cm³/mol. The van der Waals surface area contributed by atoms with E-state index in [1.807, 2.05) is 0 Å². The Bertz CT molecular complexity index is 214. The molecule has 68 valence electrons. The highest BCUT2D eigenvalue weighted by Crippen LogP contribution is 2.39. The van der Waals surface area contributed by atoms with Crippen LogP contribution in [0.5, 0.6) is 0 Å². The molecule has 1 aliphatic rings. The summed E-state index contributed by atoms with van der Waals surface area (Å²) in [7, 11) is 0. The van der Waals surface area contributed by atoms with E-state index >= 15 is 0 Å². The maximum atomic E-state index is 10.2. The van der Waals surface area contributed by atoms with Gasteiger partial charge in [-0.3, -0.25) is 4.79 Å². The molecule has 0 radical (unpaired) electrons. The second kappa shape index (κ2) is 3.30. The highest BCUT2D eigenvalue weighted by molar-refractivity contribution is 5.41. The molecule has 12 heavy (non-hydrogen) atoms. The van der Waals surface area contributed by atoms with Crippen molar-refractivity contribution >= 4 is 6.47 Å². The van der Waals surface area contributed by atoms with Crippen LogP contribution in [0.3, 0.4) is 0 Å². The summed E-state index contributed by atoms with van der Waals surface area (Å²) in [6.07, 6.45) is 3.21. The van der Waals surface area contributed by atoms with Crippen LogP contribution in [-0.4, -0.2) is 6.47 Å². The van der Waals surface area contributed by atoms with Crippen molar-refractivity contribution in [3.05, 3.63) is 11.3 Å². The Hall–Kier alpha value is -0.790. The molecule has 0 aromatic carbocycles. The first kappa shape index (κ1) is 9.30. The van der Waals surface area contributed by atoms with E-state index in [0.717, 1.165) is 18.6 Å². The van der Waals surface area contributed by atoms with Gasteiger partial charge in [-0.05, 0) is 30.8 Å². The lowest BCUT2D eigenvalue weighted by Crippen LogP contribution is -2.19. The van der Waals surface area contributed by atoms with Gasteiger partial charge < -0.3 is 4.74 Å². The summed E-state index contributed by atoms with van der Waals surface area (Å²) in [5.74, 6) is 0.876. The Morgan fingerprint density at radius 1 is 1.50 bits per heavy atom. The largest absolute Gasteiger partial charge is 0.433 e. The third kappa shape index (κ3) is 1.68. The summed E-state index contributed by atoms with van der Waals surface area (Å²) >= 11 is 0. The van der Waals surface area contributed by atoms with E-state index in [-0.39, 0.29) is 5.41 Å². The first-order chi connectivity index (χ1) is 5.58. The third-order valence-electron chi connectivity index (χ3n) is 2.83. The minimum absolute atomic E-state index is 0.205. The van der Waals surface area contributed by atoms with Gasteiger partial charge in [-0.1, -0.05) is 13.8 Å². The highest BCUT2D eigenvalue weighted by atomic mass is 16.5. The molecule has 0 atom stereocenters. The fourth-order valence-electron chi connectivity index (χ4n) is 1.65. The molecule has 0 amide bonds. The minimum Gasteiger partial charge on any atom is -0.433 e. The average Bonchev–Trinajstić information content (AvgIpc) is 1.99. The molecular weight excluding hydrogens is 152 g/mol. The van der Waals surface area contributed by atoms with Gasteiger partial charge in [0.2, 0.25) is 0 Å². The van der Waals surface area contributed by atoms with Crippen LogP contribution in [0.2, 0.25) is 0 Å². The average molecular weight is 168 g/mol. The molecule has 0 N–H and O–H groups in total. The standard InChI is InChI=1S/C10H16O2/c1-8-9(12-7-11)5-4-6-10(8,2)3/h7H,4-6H2,1-3H3. The van der Waals surface area contributed by atoms with Crippen LogP contribution in [0.4, 0.5) is 0 Å². The molecule has 0 spiro atoms. The molecule has 0 saturated carbocycles. The number of allylic oxidation sites excluding steroid dienone is 2. The molecule has 2 heteroatoms. The van der Waals surface area contributed by atoms with Gasteiger partial charge in [-0.15, -0.1) is 0 Å². The lowest BCUT2D eigenvalue weighted by atomic mass is 9.76. The molecule has 1 rings (SSSR count). The van der Waals surface area contributed by atoms with Crippen LogP contribution >= 0.6 is 0 Å². The molecule has 2 nitrogen and oxygen atoms in total. The summed E-state index contributed by atoms with van der Waals surface area (Å²) < 4.78 is 4.93. The SMILES string of the molecule is CC1=C(OC=O)CCCC1(C)C. The van der Waals surface area contributed by atoms with E-state index in [9.17, 15) is 4.79 Å². The van der Waals surface area contributed by atoms with Crippen molar-refractivity contribution in [2.45, 2.75) is 40.0 Å². The van der Waals surface area contributed by atoms with Crippen LogP contribution in [0, 0.1) is 5.41 Å². The Morgan fingerprint density at radius 3 is 2.75 bits per heavy atom. The second-order valence-electron chi connectivity index (χ2n) is 4.00. The number of hydrogen-bond donors (Lipinski definition) is 0. The number of rotatable bonds is 2. The van der Waals surface area contributed by atoms with Gasteiger partial charge in [0.25, 0.3) is 6.47 Å². The molecule has 1 aliphatic carbocycles. The van der Waals surface area contributed by atoms with E-state index in [0.29, 0.717) is 6.47 Å². The molecule has 0 aliphatic heterocycles. The molecule has 0 unspecified atom stereocenters. The molecule has 0 bridgehead atoms. The zero-order chi connectivity index (χ0) is 9.19. The molecule has 0 aromatic rings. The van der Waals surface area contributed by atoms with Gasteiger partial charge in [-0.25, -0.2) is 0 Å². The minimum atomic E-state index is 0.205. The van der Waals surface area contributed by atoms with Gasteiger partial charge in [0, 0.05) is 6.42 Å². The van der Waals surface area contributed by atoms with Gasteiger partial charge in [0.1, 0.15) is 5.76 Å². The van der Waals surface area contributed by atoms with Crippen LogP contribution in [0.15, 0.2) is 11.3 Å². The van der Waals surface area contributed by atoms with Crippen molar-refractivity contribution in [2.24, 2.45) is 5.41 Å². The number of ether oxygens (including phenoxy) is 1. The third-order valence-corrected chi connectivity index (χ3v) is 2.83. The lowest BCUT2D eigenvalue weighted by molar-refractivity contribution is -0.125. The molecule has 0 heterocycles. The summed E-state index contributed by atoms with van der Waals surface area (Å²) in [6, 6.07) is 0. The van der Waals surface area contributed by atoms with Gasteiger partial charge >= 0.3 is 0 Å². The van der Waals surface area contributed by atoms with E-state index in [4.69, 9.17) is 4.74 Å². The van der Waals surface area contributed by atoms with Crippen molar-refractivity contribution in [2.75, 3.05) is 0 Å². The maximum Gasteiger partial charge on any atom is 0.298 e. The summed E-state index contributed by atoms with van der Waals surface area (Å²) in [6.45, 7) is 6.96. The smallest absolute Gasteiger partial charge is 0.298 e. The number of carbonyl (C=O) groups is 1. The van der Waals surface area contributed by atoms with Crippen LogP contribution in [0.25, 0.3) is 0 Å². The van der Waals surface area contributed by atoms with Gasteiger partial charge in [0.15, 0.2) is 0 Å². The zero-order valence-corrected chi connectivity index (χ0v) is 8.02. The molecule has 0 saturated heterocycles. The highest BCUT2D eigenvalue weighted by Gasteiger charge is 2.27. The Labute approximate surface area is 73.6 Å². The van der Waals surface area contributed by atoms with Gasteiger partial charge in [0.05, 0.1) is 0 Å². The second-order valence-corrected chi connectivity index (χ2v) is 4.00. The Balaban J connectivity index is 2.87. The van der Waals surface area contributed by atoms with Crippen molar-refractivity contribution < 1.29 is 9.53 Å². The van der Waals surface area contributed by atoms with Crippen LogP contribution in [0.1, 0.15) is 40.0 Å². The monoisotopic (exact) mass is 168 g/mol. The van der Waals surface area contributed by atoms with Crippen molar-refractivity contribution in [3.8, 4) is 0 Å². The summed E-state index contributed by atoms with van der Waals surface area (Å²) in [4.78, 5) is 10.2. The van der Waals surface area contributed by atoms with Crippen molar-refractivity contribution in [3.63, 3.8) is 0 Å². The number of hydrogen-bond acceptors (Lipinski definition) is 2. The van der Waals surface area contributed by atoms with E-state index in [1.54, 1.807) is 0 Å². The summed E-state index contributed by atoms with van der Waals surface area (Å²) in [5.41, 5.74) is 1.43. The quantitative estimate of drug-likeness (QED) is 0.592. The van der Waals surface area contributed by atoms with E-state index in [2.05, 4.69) is 20.8 Å². The maximum absolute atomic E-state index is 10.2.